The molecule has 0 aliphatic carbocycles. The lowest BCUT2D eigenvalue weighted by molar-refractivity contribution is 0.0697. The van der Waals surface area contributed by atoms with Crippen molar-refractivity contribution in [2.24, 2.45) is 0 Å². The molecule has 1 N–H and O–H groups in total. The molecule has 0 amide bonds. The first-order valence-electron chi connectivity index (χ1n) is 5.36. The number of aromatic carboxylic acids is 1. The van der Waals surface area contributed by atoms with E-state index in [2.05, 4.69) is 6.58 Å². The summed E-state index contributed by atoms with van der Waals surface area (Å²) in [6.07, 6.45) is 2.14. The third-order valence-corrected chi connectivity index (χ3v) is 2.20. The first-order chi connectivity index (χ1) is 8.24. The number of ether oxygens (including phenoxy) is 2. The molecule has 0 saturated carbocycles. The zero-order chi connectivity index (χ0) is 12.5. The molecule has 0 aliphatic heterocycles. The minimum atomic E-state index is -0.908. The second kappa shape index (κ2) is 7.46. The highest BCUT2D eigenvalue weighted by molar-refractivity contribution is 5.87. The van der Waals surface area contributed by atoms with Gasteiger partial charge in [0.25, 0.3) is 0 Å². The molecule has 0 atom stereocenters. The Balaban J connectivity index is 2.23. The third-order valence-electron chi connectivity index (χ3n) is 2.20. The van der Waals surface area contributed by atoms with Crippen LogP contribution in [0.15, 0.2) is 37.1 Å². The van der Waals surface area contributed by atoms with E-state index in [0.717, 1.165) is 12.0 Å². The fourth-order valence-electron chi connectivity index (χ4n) is 1.30. The van der Waals surface area contributed by atoms with Gasteiger partial charge in [0.05, 0.1) is 25.0 Å². The highest BCUT2D eigenvalue weighted by Crippen LogP contribution is 2.05. The molecule has 0 bridgehead atoms. The van der Waals surface area contributed by atoms with Crippen LogP contribution in [0.4, 0.5) is 0 Å². The molecule has 1 rings (SSSR count). The lowest BCUT2D eigenvalue weighted by Crippen LogP contribution is -2.05. The predicted octanol–water partition coefficient (Wildman–Crippen LogP) is 2.10. The standard InChI is InChI=1S/C13H16O4/c1-2-16-9-10-17-8-7-11-3-5-12(6-4-11)13(14)15/h2-6H,1,7-10H2,(H,14,15). The Kier molecular flexibility index (Phi) is 5.82. The molecule has 0 fully saturated rings. The molecule has 0 aromatic heterocycles. The average molecular weight is 236 g/mol. The van der Waals surface area contributed by atoms with Crippen LogP contribution in [-0.4, -0.2) is 30.9 Å². The second-order valence-electron chi connectivity index (χ2n) is 3.40. The number of carbonyl (C=O) groups is 1. The van der Waals surface area contributed by atoms with Crippen molar-refractivity contribution < 1.29 is 19.4 Å². The molecular weight excluding hydrogens is 220 g/mol. The van der Waals surface area contributed by atoms with Crippen LogP contribution in [0.1, 0.15) is 15.9 Å². The van der Waals surface area contributed by atoms with Crippen LogP contribution in [0.5, 0.6) is 0 Å². The Morgan fingerprint density at radius 2 is 1.94 bits per heavy atom. The Hall–Kier alpha value is -1.81. The van der Waals surface area contributed by atoms with Crippen molar-refractivity contribution in [2.75, 3.05) is 19.8 Å². The number of hydrogen-bond acceptors (Lipinski definition) is 3. The van der Waals surface area contributed by atoms with Crippen LogP contribution < -0.4 is 0 Å². The summed E-state index contributed by atoms with van der Waals surface area (Å²) in [5.74, 6) is -0.908. The minimum Gasteiger partial charge on any atom is -0.499 e. The predicted molar refractivity (Wildman–Crippen MR) is 64.1 cm³/mol. The molecule has 0 radical (unpaired) electrons. The zero-order valence-corrected chi connectivity index (χ0v) is 9.59. The summed E-state index contributed by atoms with van der Waals surface area (Å²) in [4.78, 5) is 10.6. The van der Waals surface area contributed by atoms with Gasteiger partial charge in [-0.3, -0.25) is 0 Å². The van der Waals surface area contributed by atoms with Crippen LogP contribution in [0.3, 0.4) is 0 Å². The molecule has 0 aliphatic rings. The number of carboxylic acids is 1. The van der Waals surface area contributed by atoms with Crippen LogP contribution in [0.2, 0.25) is 0 Å². The first-order valence-corrected chi connectivity index (χ1v) is 5.36. The van der Waals surface area contributed by atoms with E-state index >= 15 is 0 Å². The smallest absolute Gasteiger partial charge is 0.335 e. The van der Waals surface area contributed by atoms with Gasteiger partial charge in [-0.15, -0.1) is 0 Å². The Labute approximate surface area is 100 Å². The van der Waals surface area contributed by atoms with Crippen molar-refractivity contribution in [2.45, 2.75) is 6.42 Å². The van der Waals surface area contributed by atoms with Crippen LogP contribution >= 0.6 is 0 Å². The molecule has 1 aromatic carbocycles. The van der Waals surface area contributed by atoms with Crippen LogP contribution in [0.25, 0.3) is 0 Å². The summed E-state index contributed by atoms with van der Waals surface area (Å²) >= 11 is 0. The molecule has 0 saturated heterocycles. The molecule has 0 spiro atoms. The fourth-order valence-corrected chi connectivity index (χ4v) is 1.30. The van der Waals surface area contributed by atoms with Crippen LogP contribution in [0, 0.1) is 0 Å². The van der Waals surface area contributed by atoms with E-state index in [9.17, 15) is 4.79 Å². The summed E-state index contributed by atoms with van der Waals surface area (Å²) in [6.45, 7) is 5.04. The van der Waals surface area contributed by atoms with Gasteiger partial charge in [0.1, 0.15) is 6.61 Å². The fraction of sp³-hybridized carbons (Fsp3) is 0.308. The van der Waals surface area contributed by atoms with Crippen molar-refractivity contribution >= 4 is 5.97 Å². The molecular formula is C13H16O4. The van der Waals surface area contributed by atoms with Gasteiger partial charge in [0, 0.05) is 0 Å². The maximum atomic E-state index is 10.6. The average Bonchev–Trinajstić information content (AvgIpc) is 2.34. The third kappa shape index (κ3) is 5.17. The Morgan fingerprint density at radius 3 is 2.53 bits per heavy atom. The van der Waals surface area contributed by atoms with E-state index in [-0.39, 0.29) is 0 Å². The Morgan fingerprint density at radius 1 is 1.24 bits per heavy atom. The van der Waals surface area contributed by atoms with Crippen molar-refractivity contribution in [3.05, 3.63) is 48.2 Å². The summed E-state index contributed by atoms with van der Waals surface area (Å²) in [5.41, 5.74) is 1.36. The second-order valence-corrected chi connectivity index (χ2v) is 3.40. The monoisotopic (exact) mass is 236 g/mol. The van der Waals surface area contributed by atoms with E-state index < -0.39 is 5.97 Å². The highest BCUT2D eigenvalue weighted by atomic mass is 16.5. The van der Waals surface area contributed by atoms with Gasteiger partial charge in [-0.2, -0.15) is 0 Å². The molecule has 92 valence electrons. The van der Waals surface area contributed by atoms with Crippen molar-refractivity contribution in [1.82, 2.24) is 0 Å². The minimum absolute atomic E-state index is 0.300. The molecule has 1 aromatic rings. The molecule has 4 heteroatoms. The van der Waals surface area contributed by atoms with E-state index in [0.29, 0.717) is 25.4 Å². The van der Waals surface area contributed by atoms with Gasteiger partial charge in [0.15, 0.2) is 0 Å². The number of hydrogen-bond donors (Lipinski definition) is 1. The van der Waals surface area contributed by atoms with E-state index in [1.54, 1.807) is 24.3 Å². The van der Waals surface area contributed by atoms with E-state index in [1.807, 2.05) is 0 Å². The lowest BCUT2D eigenvalue weighted by Gasteiger charge is -2.04. The van der Waals surface area contributed by atoms with Gasteiger partial charge in [-0.05, 0) is 24.1 Å². The Bertz CT molecular complexity index is 356. The lowest BCUT2D eigenvalue weighted by atomic mass is 10.1. The quantitative estimate of drug-likeness (QED) is 0.554. The van der Waals surface area contributed by atoms with Gasteiger partial charge in [0.2, 0.25) is 0 Å². The normalized spacial score (nSPS) is 9.88. The molecule has 17 heavy (non-hydrogen) atoms. The summed E-state index contributed by atoms with van der Waals surface area (Å²) < 4.78 is 10.2. The number of carboxylic acid groups (broad SMARTS) is 1. The van der Waals surface area contributed by atoms with Gasteiger partial charge in [-0.1, -0.05) is 18.7 Å². The van der Waals surface area contributed by atoms with Gasteiger partial charge >= 0.3 is 5.97 Å². The maximum absolute atomic E-state index is 10.6. The molecule has 0 heterocycles. The molecule has 0 unspecified atom stereocenters. The van der Waals surface area contributed by atoms with Gasteiger partial charge < -0.3 is 14.6 Å². The SMILES string of the molecule is C=COCCOCCc1ccc(C(=O)O)cc1. The topological polar surface area (TPSA) is 55.8 Å². The zero-order valence-electron chi connectivity index (χ0n) is 9.59. The van der Waals surface area contributed by atoms with E-state index in [4.69, 9.17) is 14.6 Å². The largest absolute Gasteiger partial charge is 0.499 e. The summed E-state index contributed by atoms with van der Waals surface area (Å²) in [5, 5.41) is 8.73. The summed E-state index contributed by atoms with van der Waals surface area (Å²) in [6, 6.07) is 6.79. The highest BCUT2D eigenvalue weighted by Gasteiger charge is 2.01. The number of benzene rings is 1. The van der Waals surface area contributed by atoms with Crippen LogP contribution in [-0.2, 0) is 15.9 Å². The van der Waals surface area contributed by atoms with Crippen molar-refractivity contribution in [3.63, 3.8) is 0 Å². The van der Waals surface area contributed by atoms with Crippen molar-refractivity contribution in [1.29, 1.82) is 0 Å². The van der Waals surface area contributed by atoms with Gasteiger partial charge in [-0.25, -0.2) is 4.79 Å². The maximum Gasteiger partial charge on any atom is 0.335 e. The number of rotatable bonds is 8. The van der Waals surface area contributed by atoms with E-state index in [1.165, 1.54) is 6.26 Å². The van der Waals surface area contributed by atoms with Crippen molar-refractivity contribution in [3.8, 4) is 0 Å². The first kappa shape index (κ1) is 13.3. The molecule has 4 nitrogen and oxygen atoms in total. The summed E-state index contributed by atoms with van der Waals surface area (Å²) in [7, 11) is 0.